The highest BCUT2D eigenvalue weighted by atomic mass is 32.2. The Hall–Kier alpha value is -2.55. The van der Waals surface area contributed by atoms with E-state index in [9.17, 15) is 19.2 Å². The Morgan fingerprint density at radius 2 is 1.82 bits per heavy atom. The number of nitrogens with zero attached hydrogens (tertiary/aromatic N) is 1. The molecule has 0 atom stereocenters. The summed E-state index contributed by atoms with van der Waals surface area (Å²) in [5.74, 6) is -1.10. The summed E-state index contributed by atoms with van der Waals surface area (Å²) in [6, 6.07) is 7.20. The van der Waals surface area contributed by atoms with Crippen LogP contribution in [-0.4, -0.2) is 67.3 Å². The number of amides is 2. The van der Waals surface area contributed by atoms with Gasteiger partial charge in [0.15, 0.2) is 6.61 Å². The maximum absolute atomic E-state index is 12.6. The monoisotopic (exact) mass is 478 g/mol. The maximum Gasteiger partial charge on any atom is 0.339 e. The maximum atomic E-state index is 12.6. The van der Waals surface area contributed by atoms with Crippen LogP contribution in [0.3, 0.4) is 0 Å². The van der Waals surface area contributed by atoms with E-state index in [1.807, 2.05) is 11.9 Å². The van der Waals surface area contributed by atoms with Crippen LogP contribution in [0.15, 0.2) is 29.2 Å². The molecule has 0 bridgehead atoms. The molecule has 1 N–H and O–H groups in total. The Labute approximate surface area is 199 Å². The van der Waals surface area contributed by atoms with E-state index in [1.165, 1.54) is 18.2 Å². The largest absolute Gasteiger partial charge is 0.466 e. The number of hydrogen-bond acceptors (Lipinski definition) is 7. The summed E-state index contributed by atoms with van der Waals surface area (Å²) in [4.78, 5) is 50.8. The zero-order valence-corrected chi connectivity index (χ0v) is 20.3. The van der Waals surface area contributed by atoms with Crippen molar-refractivity contribution in [3.63, 3.8) is 0 Å². The summed E-state index contributed by atoms with van der Waals surface area (Å²) in [5, 5.41) is 2.61. The van der Waals surface area contributed by atoms with Gasteiger partial charge in [-0.3, -0.25) is 14.4 Å². The molecule has 0 radical (unpaired) electrons. The third-order valence-corrected chi connectivity index (χ3v) is 6.55. The predicted octanol–water partition coefficient (Wildman–Crippen LogP) is 3.19. The zero-order chi connectivity index (χ0) is 24.1. The van der Waals surface area contributed by atoms with Crippen LogP contribution in [0.4, 0.5) is 0 Å². The van der Waals surface area contributed by atoms with Crippen LogP contribution in [0, 0.1) is 0 Å². The minimum Gasteiger partial charge on any atom is -0.466 e. The van der Waals surface area contributed by atoms with Crippen molar-refractivity contribution in [3.05, 3.63) is 29.8 Å². The normalized spacial score (nSPS) is 13.8. The van der Waals surface area contributed by atoms with Crippen molar-refractivity contribution in [2.24, 2.45) is 0 Å². The highest BCUT2D eigenvalue weighted by molar-refractivity contribution is 8.00. The smallest absolute Gasteiger partial charge is 0.339 e. The number of ether oxygens (including phenoxy) is 2. The van der Waals surface area contributed by atoms with Crippen LogP contribution in [0.5, 0.6) is 0 Å². The van der Waals surface area contributed by atoms with Gasteiger partial charge >= 0.3 is 11.9 Å². The second-order valence-electron chi connectivity index (χ2n) is 7.92. The molecule has 0 aliphatic heterocycles. The Morgan fingerprint density at radius 3 is 2.55 bits per heavy atom. The molecular formula is C24H34N2O6S. The first-order chi connectivity index (χ1) is 15.9. The summed E-state index contributed by atoms with van der Waals surface area (Å²) in [6.07, 6.45) is 6.29. The van der Waals surface area contributed by atoms with Crippen molar-refractivity contribution >= 4 is 35.5 Å². The minimum absolute atomic E-state index is 0.0391. The molecule has 1 aliphatic carbocycles. The molecule has 0 unspecified atom stereocenters. The van der Waals surface area contributed by atoms with Gasteiger partial charge in [0.2, 0.25) is 5.91 Å². The molecule has 0 saturated heterocycles. The Morgan fingerprint density at radius 1 is 1.09 bits per heavy atom. The van der Waals surface area contributed by atoms with E-state index in [0.717, 1.165) is 25.7 Å². The lowest BCUT2D eigenvalue weighted by Crippen LogP contribution is -2.39. The van der Waals surface area contributed by atoms with Gasteiger partial charge in [-0.2, -0.15) is 0 Å². The highest BCUT2D eigenvalue weighted by Gasteiger charge is 2.23. The van der Waals surface area contributed by atoms with E-state index < -0.39 is 18.5 Å². The SMILES string of the molecule is CCOC(=O)CCCNC(=O)COC(=O)c1ccccc1SCC(=O)N(C)C1CCCCC1. The molecule has 1 aliphatic rings. The molecule has 0 spiro atoms. The van der Waals surface area contributed by atoms with E-state index in [-0.39, 0.29) is 30.6 Å². The molecule has 182 valence electrons. The Kier molecular flexibility index (Phi) is 11.8. The Bertz CT molecular complexity index is 810. The molecule has 2 rings (SSSR count). The van der Waals surface area contributed by atoms with Gasteiger partial charge in [0, 0.05) is 31.0 Å². The number of carbonyl (C=O) groups is 4. The topological polar surface area (TPSA) is 102 Å². The molecule has 1 saturated carbocycles. The molecule has 2 amide bonds. The van der Waals surface area contributed by atoms with E-state index >= 15 is 0 Å². The van der Waals surface area contributed by atoms with Crippen LogP contribution in [0.1, 0.15) is 62.2 Å². The molecular weight excluding hydrogens is 444 g/mol. The summed E-state index contributed by atoms with van der Waals surface area (Å²) in [6.45, 7) is 1.93. The first kappa shape index (κ1) is 26.7. The van der Waals surface area contributed by atoms with Gasteiger partial charge < -0.3 is 19.7 Å². The fourth-order valence-electron chi connectivity index (χ4n) is 3.63. The molecule has 0 aromatic heterocycles. The van der Waals surface area contributed by atoms with Gasteiger partial charge in [-0.25, -0.2) is 4.79 Å². The number of carbonyl (C=O) groups excluding carboxylic acids is 4. The van der Waals surface area contributed by atoms with Gasteiger partial charge in [0.1, 0.15) is 0 Å². The van der Waals surface area contributed by atoms with Crippen molar-refractivity contribution in [2.75, 3.05) is 32.6 Å². The third-order valence-electron chi connectivity index (χ3n) is 5.49. The molecule has 0 heterocycles. The fraction of sp³-hybridized carbons (Fsp3) is 0.583. The highest BCUT2D eigenvalue weighted by Crippen LogP contribution is 2.26. The standard InChI is InChI=1S/C24H34N2O6S/c1-3-31-23(29)14-9-15-25-21(27)16-32-24(30)19-12-7-8-13-20(19)33-17-22(28)26(2)18-10-5-4-6-11-18/h7-8,12-13,18H,3-6,9-11,14-17H2,1-2H3,(H,25,27). The minimum atomic E-state index is -0.618. The number of thioether (sulfide) groups is 1. The lowest BCUT2D eigenvalue weighted by Gasteiger charge is -2.31. The molecule has 1 aromatic rings. The lowest BCUT2D eigenvalue weighted by atomic mass is 9.94. The lowest BCUT2D eigenvalue weighted by molar-refractivity contribution is -0.143. The van der Waals surface area contributed by atoms with Crippen molar-refractivity contribution in [1.29, 1.82) is 0 Å². The average molecular weight is 479 g/mol. The molecule has 33 heavy (non-hydrogen) atoms. The first-order valence-corrected chi connectivity index (χ1v) is 12.5. The number of hydrogen-bond donors (Lipinski definition) is 1. The predicted molar refractivity (Wildman–Crippen MR) is 126 cm³/mol. The van der Waals surface area contributed by atoms with Crippen molar-refractivity contribution in [2.45, 2.75) is 62.8 Å². The Balaban J connectivity index is 1.77. The number of benzene rings is 1. The summed E-state index contributed by atoms with van der Waals surface area (Å²) >= 11 is 1.30. The number of nitrogens with one attached hydrogen (secondary N) is 1. The van der Waals surface area contributed by atoms with E-state index in [1.54, 1.807) is 31.2 Å². The fourth-order valence-corrected chi connectivity index (χ4v) is 4.59. The van der Waals surface area contributed by atoms with Crippen LogP contribution in [0.25, 0.3) is 0 Å². The number of rotatable bonds is 12. The van der Waals surface area contributed by atoms with Crippen LogP contribution < -0.4 is 5.32 Å². The molecule has 1 aromatic carbocycles. The molecule has 1 fully saturated rings. The number of esters is 2. The van der Waals surface area contributed by atoms with Gasteiger partial charge in [0.25, 0.3) is 5.91 Å². The average Bonchev–Trinajstić information content (AvgIpc) is 2.84. The van der Waals surface area contributed by atoms with Gasteiger partial charge in [-0.1, -0.05) is 31.4 Å². The van der Waals surface area contributed by atoms with E-state index in [0.29, 0.717) is 29.5 Å². The molecule has 8 nitrogen and oxygen atoms in total. The van der Waals surface area contributed by atoms with Crippen molar-refractivity contribution < 1.29 is 28.7 Å². The van der Waals surface area contributed by atoms with Gasteiger partial charge in [-0.15, -0.1) is 11.8 Å². The summed E-state index contributed by atoms with van der Waals surface area (Å²) < 4.78 is 9.97. The zero-order valence-electron chi connectivity index (χ0n) is 19.5. The third kappa shape index (κ3) is 9.45. The van der Waals surface area contributed by atoms with E-state index in [4.69, 9.17) is 9.47 Å². The van der Waals surface area contributed by atoms with Crippen molar-refractivity contribution in [1.82, 2.24) is 10.2 Å². The summed E-state index contributed by atoms with van der Waals surface area (Å²) in [7, 11) is 1.85. The van der Waals surface area contributed by atoms with Crippen LogP contribution in [-0.2, 0) is 23.9 Å². The second-order valence-corrected chi connectivity index (χ2v) is 8.93. The quantitative estimate of drug-likeness (QED) is 0.280. The van der Waals surface area contributed by atoms with Crippen LogP contribution in [0.2, 0.25) is 0 Å². The van der Waals surface area contributed by atoms with Gasteiger partial charge in [-0.05, 0) is 38.3 Å². The van der Waals surface area contributed by atoms with Crippen molar-refractivity contribution in [3.8, 4) is 0 Å². The molecule has 9 heteroatoms. The van der Waals surface area contributed by atoms with E-state index in [2.05, 4.69) is 5.32 Å². The first-order valence-electron chi connectivity index (χ1n) is 11.5. The van der Waals surface area contributed by atoms with Crippen LogP contribution >= 0.6 is 11.8 Å². The summed E-state index contributed by atoms with van der Waals surface area (Å²) in [5.41, 5.74) is 0.325. The van der Waals surface area contributed by atoms with Gasteiger partial charge in [0.05, 0.1) is 17.9 Å². The second kappa shape index (κ2) is 14.6.